The van der Waals surface area contributed by atoms with Crippen LogP contribution in [0.15, 0.2) is 48.5 Å². The monoisotopic (exact) mass is 370 g/mol. The molecule has 2 aromatic carbocycles. The molecule has 1 fully saturated rings. The van der Waals surface area contributed by atoms with Crippen molar-refractivity contribution in [1.29, 1.82) is 0 Å². The van der Waals surface area contributed by atoms with Crippen molar-refractivity contribution in [1.82, 2.24) is 0 Å². The van der Waals surface area contributed by atoms with Crippen molar-refractivity contribution in [2.45, 2.75) is 25.6 Å². The van der Waals surface area contributed by atoms with E-state index in [0.717, 1.165) is 16.9 Å². The number of nitrogens with zero attached hydrogens (tertiary/aromatic N) is 1. The fourth-order valence-corrected chi connectivity index (χ4v) is 4.01. The molecule has 5 nitrogen and oxygen atoms in total. The second-order valence-corrected chi connectivity index (χ2v) is 6.92. The Labute approximate surface area is 157 Å². The number of para-hydroxylation sites is 2. The van der Waals surface area contributed by atoms with Crippen LogP contribution in [0.1, 0.15) is 31.2 Å². The fourth-order valence-electron chi connectivity index (χ4n) is 2.85. The lowest BCUT2D eigenvalue weighted by molar-refractivity contribution is -0.116. The first-order valence-electron chi connectivity index (χ1n) is 8.69. The van der Waals surface area contributed by atoms with Gasteiger partial charge in [-0.3, -0.25) is 14.5 Å². The molecule has 0 aliphatic carbocycles. The van der Waals surface area contributed by atoms with Crippen LogP contribution < -0.4 is 15.0 Å². The van der Waals surface area contributed by atoms with E-state index in [-0.39, 0.29) is 17.2 Å². The standard InChI is InChI=1S/C20H22N2O3S/c1-3-18(23)21-15-11-9-14(10-12-15)20-22(19(24)13-26-20)16-7-5-6-8-17(16)25-4-2/h5-12,20H,3-4,13H2,1-2H3,(H,21,23). The minimum atomic E-state index is -0.111. The molecule has 1 saturated heterocycles. The molecule has 1 atom stereocenters. The number of amides is 2. The molecular weight excluding hydrogens is 348 g/mol. The summed E-state index contributed by atoms with van der Waals surface area (Å²) in [7, 11) is 0. The quantitative estimate of drug-likeness (QED) is 0.827. The number of anilines is 2. The second kappa shape index (κ2) is 8.27. The highest BCUT2D eigenvalue weighted by Gasteiger charge is 2.35. The third kappa shape index (κ3) is 3.85. The van der Waals surface area contributed by atoms with Gasteiger partial charge in [0.2, 0.25) is 11.8 Å². The van der Waals surface area contributed by atoms with Gasteiger partial charge >= 0.3 is 0 Å². The summed E-state index contributed by atoms with van der Waals surface area (Å²) >= 11 is 1.59. The van der Waals surface area contributed by atoms with E-state index in [4.69, 9.17) is 4.74 Å². The second-order valence-electron chi connectivity index (χ2n) is 5.85. The molecule has 1 N–H and O–H groups in total. The topological polar surface area (TPSA) is 58.6 Å². The molecule has 0 radical (unpaired) electrons. The molecule has 0 spiro atoms. The van der Waals surface area contributed by atoms with E-state index in [2.05, 4.69) is 5.32 Å². The number of thioether (sulfide) groups is 1. The van der Waals surface area contributed by atoms with E-state index in [0.29, 0.717) is 24.5 Å². The van der Waals surface area contributed by atoms with Crippen molar-refractivity contribution < 1.29 is 14.3 Å². The molecule has 2 aromatic rings. The first kappa shape index (κ1) is 18.3. The largest absolute Gasteiger partial charge is 0.492 e. The highest BCUT2D eigenvalue weighted by molar-refractivity contribution is 8.00. The minimum absolute atomic E-state index is 0.0181. The first-order valence-corrected chi connectivity index (χ1v) is 9.74. The van der Waals surface area contributed by atoms with Crippen molar-refractivity contribution in [2.75, 3.05) is 22.6 Å². The Morgan fingerprint density at radius 2 is 1.92 bits per heavy atom. The summed E-state index contributed by atoms with van der Waals surface area (Å²) in [5.41, 5.74) is 2.57. The lowest BCUT2D eigenvalue weighted by atomic mass is 10.1. The number of rotatable bonds is 6. The van der Waals surface area contributed by atoms with E-state index in [9.17, 15) is 9.59 Å². The van der Waals surface area contributed by atoms with Crippen LogP contribution in [0.3, 0.4) is 0 Å². The number of carbonyl (C=O) groups is 2. The minimum Gasteiger partial charge on any atom is -0.492 e. The molecule has 1 aliphatic heterocycles. The maximum absolute atomic E-state index is 12.6. The number of hydrogen-bond donors (Lipinski definition) is 1. The van der Waals surface area contributed by atoms with Crippen molar-refractivity contribution in [3.8, 4) is 5.75 Å². The van der Waals surface area contributed by atoms with Gasteiger partial charge in [0.25, 0.3) is 0 Å². The molecule has 3 rings (SSSR count). The van der Waals surface area contributed by atoms with Gasteiger partial charge in [-0.2, -0.15) is 0 Å². The molecule has 2 amide bonds. The first-order chi connectivity index (χ1) is 12.6. The zero-order valence-corrected chi connectivity index (χ0v) is 15.7. The smallest absolute Gasteiger partial charge is 0.238 e. The number of carbonyl (C=O) groups excluding carboxylic acids is 2. The zero-order valence-electron chi connectivity index (χ0n) is 14.9. The maximum atomic E-state index is 12.6. The van der Waals surface area contributed by atoms with Gasteiger partial charge in [0.1, 0.15) is 11.1 Å². The predicted octanol–water partition coefficient (Wildman–Crippen LogP) is 4.21. The fraction of sp³-hybridized carbons (Fsp3) is 0.300. The number of hydrogen-bond acceptors (Lipinski definition) is 4. The van der Waals surface area contributed by atoms with Gasteiger partial charge in [-0.1, -0.05) is 31.2 Å². The van der Waals surface area contributed by atoms with E-state index < -0.39 is 0 Å². The van der Waals surface area contributed by atoms with Crippen LogP contribution in [-0.4, -0.2) is 24.2 Å². The van der Waals surface area contributed by atoms with E-state index in [1.54, 1.807) is 16.7 Å². The highest BCUT2D eigenvalue weighted by Crippen LogP contribution is 2.44. The third-order valence-corrected chi connectivity index (χ3v) is 5.31. The van der Waals surface area contributed by atoms with Crippen LogP contribution in [-0.2, 0) is 9.59 Å². The van der Waals surface area contributed by atoms with Gasteiger partial charge in [0.05, 0.1) is 18.0 Å². The van der Waals surface area contributed by atoms with E-state index in [1.165, 1.54) is 0 Å². The maximum Gasteiger partial charge on any atom is 0.238 e. The Morgan fingerprint density at radius 3 is 2.62 bits per heavy atom. The van der Waals surface area contributed by atoms with Crippen LogP contribution in [0.25, 0.3) is 0 Å². The molecule has 1 heterocycles. The Kier molecular flexibility index (Phi) is 5.83. The summed E-state index contributed by atoms with van der Waals surface area (Å²) in [5.74, 6) is 1.19. The van der Waals surface area contributed by atoms with Crippen molar-refractivity contribution in [3.05, 3.63) is 54.1 Å². The van der Waals surface area contributed by atoms with Crippen LogP contribution in [0.2, 0.25) is 0 Å². The average molecular weight is 370 g/mol. The molecule has 1 unspecified atom stereocenters. The van der Waals surface area contributed by atoms with Crippen LogP contribution >= 0.6 is 11.8 Å². The SMILES string of the molecule is CCOc1ccccc1N1C(=O)CSC1c1ccc(NC(=O)CC)cc1. The van der Waals surface area contributed by atoms with Gasteiger partial charge in [-0.05, 0) is 36.8 Å². The van der Waals surface area contributed by atoms with Gasteiger partial charge in [0.15, 0.2) is 0 Å². The Morgan fingerprint density at radius 1 is 1.19 bits per heavy atom. The number of benzene rings is 2. The third-order valence-electron chi connectivity index (χ3n) is 4.09. The molecule has 0 saturated carbocycles. The van der Waals surface area contributed by atoms with Crippen molar-refractivity contribution >= 4 is 35.0 Å². The summed E-state index contributed by atoms with van der Waals surface area (Å²) in [6, 6.07) is 15.3. The normalized spacial score (nSPS) is 16.6. The van der Waals surface area contributed by atoms with E-state index >= 15 is 0 Å². The van der Waals surface area contributed by atoms with Crippen molar-refractivity contribution in [3.63, 3.8) is 0 Å². The summed E-state index contributed by atoms with van der Waals surface area (Å²) in [5, 5.41) is 2.73. The zero-order chi connectivity index (χ0) is 18.5. The highest BCUT2D eigenvalue weighted by atomic mass is 32.2. The lowest BCUT2D eigenvalue weighted by Crippen LogP contribution is -2.28. The molecular formula is C20H22N2O3S. The molecule has 136 valence electrons. The summed E-state index contributed by atoms with van der Waals surface area (Å²) < 4.78 is 5.71. The van der Waals surface area contributed by atoms with E-state index in [1.807, 2.05) is 62.4 Å². The van der Waals surface area contributed by atoms with Crippen LogP contribution in [0, 0.1) is 0 Å². The molecule has 1 aliphatic rings. The molecule has 0 bridgehead atoms. The Hall–Kier alpha value is -2.47. The molecule has 26 heavy (non-hydrogen) atoms. The number of ether oxygens (including phenoxy) is 1. The summed E-state index contributed by atoms with van der Waals surface area (Å²) in [6.07, 6.45) is 0.441. The lowest BCUT2D eigenvalue weighted by Gasteiger charge is -2.26. The van der Waals surface area contributed by atoms with Gasteiger partial charge in [0, 0.05) is 12.1 Å². The van der Waals surface area contributed by atoms with Gasteiger partial charge in [-0.15, -0.1) is 11.8 Å². The average Bonchev–Trinajstić information content (AvgIpc) is 3.04. The predicted molar refractivity (Wildman–Crippen MR) is 106 cm³/mol. The summed E-state index contributed by atoms with van der Waals surface area (Å²) in [6.45, 7) is 4.29. The van der Waals surface area contributed by atoms with Crippen molar-refractivity contribution in [2.24, 2.45) is 0 Å². The van der Waals surface area contributed by atoms with Gasteiger partial charge in [-0.25, -0.2) is 0 Å². The van der Waals surface area contributed by atoms with Crippen LogP contribution in [0.4, 0.5) is 11.4 Å². The van der Waals surface area contributed by atoms with Crippen LogP contribution in [0.5, 0.6) is 5.75 Å². The molecule has 0 aromatic heterocycles. The number of nitrogens with one attached hydrogen (secondary N) is 1. The van der Waals surface area contributed by atoms with Gasteiger partial charge < -0.3 is 10.1 Å². The Balaban J connectivity index is 1.87. The molecule has 6 heteroatoms. The Bertz CT molecular complexity index is 792. The summed E-state index contributed by atoms with van der Waals surface area (Å²) in [4.78, 5) is 25.9.